The number of hydrogen-bond acceptors (Lipinski definition) is 22. The van der Waals surface area contributed by atoms with Crippen LogP contribution in [0.25, 0.3) is 0 Å². The van der Waals surface area contributed by atoms with Gasteiger partial charge < -0.3 is 78.4 Å². The van der Waals surface area contributed by atoms with Gasteiger partial charge in [-0.1, -0.05) is 33.6 Å². The Labute approximate surface area is 337 Å². The van der Waals surface area contributed by atoms with Gasteiger partial charge in [-0.25, -0.2) is 28.8 Å². The first-order valence-corrected chi connectivity index (χ1v) is 17.4. The molecule has 0 amide bonds. The Kier molecular flexibility index (Phi) is 20.4. The fourth-order valence-electron chi connectivity index (χ4n) is 5.03. The van der Waals surface area contributed by atoms with Crippen LogP contribution >= 0.6 is 0 Å². The second-order valence-electron chi connectivity index (χ2n) is 13.5. The van der Waals surface area contributed by atoms with Gasteiger partial charge >= 0.3 is 41.8 Å². The first-order chi connectivity index (χ1) is 27.2. The summed E-state index contributed by atoms with van der Waals surface area (Å²) in [4.78, 5) is 79.4. The molecule has 3 rings (SSSR count). The first-order valence-electron chi connectivity index (χ1n) is 17.4. The molecule has 3 aliphatic heterocycles. The molecule has 0 spiro atoms. The summed E-state index contributed by atoms with van der Waals surface area (Å²) in [6.07, 6.45) is -20.0. The molecule has 23 nitrogen and oxygen atoms in total. The van der Waals surface area contributed by atoms with Crippen molar-refractivity contribution in [2.45, 2.75) is 121 Å². The third kappa shape index (κ3) is 14.1. The van der Waals surface area contributed by atoms with E-state index < -0.39 is 122 Å². The first kappa shape index (κ1) is 52.2. The lowest BCUT2D eigenvalue weighted by molar-refractivity contribution is -0.285. The zero-order valence-corrected chi connectivity index (χ0v) is 33.4. The number of ether oxygens (including phenoxy) is 9. The Morgan fingerprint density at radius 3 is 1.17 bits per heavy atom. The van der Waals surface area contributed by atoms with Crippen LogP contribution in [0.15, 0.2) is 36.5 Å². The highest BCUT2D eigenvalue weighted by molar-refractivity contribution is 5.88. The van der Waals surface area contributed by atoms with Crippen molar-refractivity contribution in [1.29, 1.82) is 0 Å². The molecule has 0 aromatic carbocycles. The molecule has 15 unspecified atom stereocenters. The Bertz CT molecular complexity index is 1570. The van der Waals surface area contributed by atoms with Crippen LogP contribution < -0.4 is 0 Å². The fraction of sp³-hybridized carbons (Fsp3) is 0.639. The van der Waals surface area contributed by atoms with E-state index in [-0.39, 0.29) is 28.6 Å². The molecule has 3 saturated heterocycles. The highest BCUT2D eigenvalue weighted by Crippen LogP contribution is 2.34. The molecule has 0 radical (unpaired) electrons. The number of carboxylic acid groups (broad SMARTS) is 1. The number of methoxy groups -OCH3 is 2. The lowest BCUT2D eigenvalue weighted by Gasteiger charge is -2.41. The molecule has 3 heterocycles. The Morgan fingerprint density at radius 2 is 0.814 bits per heavy atom. The van der Waals surface area contributed by atoms with Gasteiger partial charge in [-0.05, 0) is 26.7 Å². The van der Waals surface area contributed by atoms with Crippen LogP contribution in [0, 0.1) is 11.8 Å². The van der Waals surface area contributed by atoms with Gasteiger partial charge in [-0.3, -0.25) is 4.79 Å². The van der Waals surface area contributed by atoms with Gasteiger partial charge in [0, 0.05) is 29.6 Å². The van der Waals surface area contributed by atoms with Crippen LogP contribution in [0.1, 0.15) is 41.5 Å². The van der Waals surface area contributed by atoms with E-state index in [1.165, 1.54) is 34.8 Å². The smallest absolute Gasteiger partial charge is 0.337 e. The monoisotopic (exact) mass is 852 g/mol. The van der Waals surface area contributed by atoms with Crippen molar-refractivity contribution in [1.82, 2.24) is 0 Å². The SMILES string of the molecule is C=C(C)C(=O)OC1OC(C(=O)O)C(O)C(O)C1O.C=C(C)C(=O)OC1OC(C(=O)OC)C(C)C(C)C1OC(C)=O.C=C(C)C(=O)OC1OC(C(=O)OC)C(O)C(O)C1O. The number of aliphatic hydroxyl groups excluding tert-OH is 6. The molecule has 15 atom stereocenters. The minimum Gasteiger partial charge on any atom is -0.479 e. The molecule has 59 heavy (non-hydrogen) atoms. The number of aliphatic hydroxyl groups is 6. The quantitative estimate of drug-likeness (QED) is 0.0667. The van der Waals surface area contributed by atoms with Crippen LogP contribution in [-0.2, 0) is 76.2 Å². The summed E-state index contributed by atoms with van der Waals surface area (Å²) >= 11 is 0. The molecule has 0 saturated carbocycles. The number of aliphatic carboxylic acids is 1. The highest BCUT2D eigenvalue weighted by atomic mass is 16.7. The van der Waals surface area contributed by atoms with Crippen molar-refractivity contribution < 1.29 is 112 Å². The summed E-state index contributed by atoms with van der Waals surface area (Å²) in [5.74, 6) is -6.63. The molecular weight excluding hydrogens is 800 g/mol. The van der Waals surface area contributed by atoms with Gasteiger partial charge in [0.25, 0.3) is 0 Å². The van der Waals surface area contributed by atoms with Crippen molar-refractivity contribution in [3.05, 3.63) is 36.5 Å². The van der Waals surface area contributed by atoms with Crippen LogP contribution in [-0.4, -0.2) is 172 Å². The fourth-order valence-corrected chi connectivity index (χ4v) is 5.03. The zero-order valence-electron chi connectivity index (χ0n) is 33.4. The standard InChI is InChI=1S/C15H22O7.C11H16O8.C10H14O8/c1-7(2)13(17)22-15-12(20-10(5)16)9(4)8(3)11(21-15)14(18)19-6;1-4(2)9(15)19-11-7(14)5(12)6(13)8(18-11)10(16)17-3;1-3(2)9(16)18-10-6(13)4(11)5(12)7(17-10)8(14)15/h8-9,11-12,15H,1H2,2-6H3;5-8,11-14H,1H2,2-3H3;4-7,10-13H,1H2,2H3,(H,14,15). The largest absolute Gasteiger partial charge is 0.479 e. The maximum Gasteiger partial charge on any atom is 0.337 e. The predicted octanol–water partition coefficient (Wildman–Crippen LogP) is -2.71. The summed E-state index contributed by atoms with van der Waals surface area (Å²) in [7, 11) is 2.31. The summed E-state index contributed by atoms with van der Waals surface area (Å²) in [6, 6.07) is 0. The van der Waals surface area contributed by atoms with E-state index in [4.69, 9.17) is 38.3 Å². The summed E-state index contributed by atoms with van der Waals surface area (Å²) < 4.78 is 43.9. The molecule has 0 aromatic heterocycles. The van der Waals surface area contributed by atoms with Crippen molar-refractivity contribution in [2.75, 3.05) is 14.2 Å². The normalized spacial score (nSPS) is 33.6. The van der Waals surface area contributed by atoms with Gasteiger partial charge in [0.05, 0.1) is 14.2 Å². The van der Waals surface area contributed by atoms with E-state index in [0.29, 0.717) is 0 Å². The molecule has 7 N–H and O–H groups in total. The zero-order chi connectivity index (χ0) is 45.8. The van der Waals surface area contributed by atoms with Crippen molar-refractivity contribution in [3.8, 4) is 0 Å². The van der Waals surface area contributed by atoms with E-state index in [9.17, 15) is 64.2 Å². The van der Waals surface area contributed by atoms with Crippen molar-refractivity contribution in [2.24, 2.45) is 11.8 Å². The molecule has 3 aliphatic rings. The third-order valence-electron chi connectivity index (χ3n) is 8.64. The number of carbonyl (C=O) groups excluding carboxylic acids is 6. The van der Waals surface area contributed by atoms with Crippen LogP contribution in [0.4, 0.5) is 0 Å². The molecule has 23 heteroatoms. The summed E-state index contributed by atoms with van der Waals surface area (Å²) in [6.45, 7) is 19.1. The third-order valence-corrected chi connectivity index (χ3v) is 8.64. The van der Waals surface area contributed by atoms with Crippen molar-refractivity contribution in [3.63, 3.8) is 0 Å². The molecule has 334 valence electrons. The molecule has 0 aromatic rings. The Hall–Kier alpha value is -4.85. The number of hydrogen-bond donors (Lipinski definition) is 7. The maximum atomic E-state index is 11.8. The average molecular weight is 853 g/mol. The molecule has 3 fully saturated rings. The Balaban J connectivity index is 0.000000445. The molecule has 0 aliphatic carbocycles. The van der Waals surface area contributed by atoms with Crippen LogP contribution in [0.5, 0.6) is 0 Å². The van der Waals surface area contributed by atoms with E-state index in [0.717, 1.165) is 7.11 Å². The van der Waals surface area contributed by atoms with Gasteiger partial charge in [0.15, 0.2) is 24.4 Å². The second kappa shape index (κ2) is 23.1. The van der Waals surface area contributed by atoms with E-state index in [1.807, 2.05) is 0 Å². The number of esters is 6. The number of rotatable bonds is 10. The molecular formula is C36H52O23. The van der Waals surface area contributed by atoms with Gasteiger partial charge in [0.2, 0.25) is 18.9 Å². The maximum absolute atomic E-state index is 11.8. The second-order valence-corrected chi connectivity index (χ2v) is 13.5. The lowest BCUT2D eigenvalue weighted by atomic mass is 9.83. The van der Waals surface area contributed by atoms with Gasteiger partial charge in [-0.15, -0.1) is 0 Å². The van der Waals surface area contributed by atoms with E-state index in [2.05, 4.69) is 29.2 Å². The minimum atomic E-state index is -1.82. The van der Waals surface area contributed by atoms with Crippen molar-refractivity contribution >= 4 is 41.8 Å². The minimum absolute atomic E-state index is 0.0123. The van der Waals surface area contributed by atoms with Crippen LogP contribution in [0.3, 0.4) is 0 Å². The summed E-state index contributed by atoms with van der Waals surface area (Å²) in [5, 5.41) is 65.8. The summed E-state index contributed by atoms with van der Waals surface area (Å²) in [5.41, 5.74) is 0.232. The van der Waals surface area contributed by atoms with Gasteiger partial charge in [0.1, 0.15) is 36.6 Å². The van der Waals surface area contributed by atoms with E-state index >= 15 is 0 Å². The lowest BCUT2D eigenvalue weighted by Crippen LogP contribution is -2.60. The average Bonchev–Trinajstić information content (AvgIpc) is 3.17. The van der Waals surface area contributed by atoms with Crippen LogP contribution in [0.2, 0.25) is 0 Å². The highest BCUT2D eigenvalue weighted by Gasteiger charge is 2.51. The Morgan fingerprint density at radius 1 is 0.475 bits per heavy atom. The topological polar surface area (TPSA) is 344 Å². The van der Waals surface area contributed by atoms with E-state index in [1.54, 1.807) is 13.8 Å². The number of carbonyl (C=O) groups is 7. The van der Waals surface area contributed by atoms with Gasteiger partial charge in [-0.2, -0.15) is 0 Å². The number of carboxylic acids is 1. The molecule has 0 bridgehead atoms. The predicted molar refractivity (Wildman–Crippen MR) is 190 cm³/mol.